The van der Waals surface area contributed by atoms with Crippen LogP contribution in [0, 0.1) is 11.3 Å². The molecule has 0 unspecified atom stereocenters. The van der Waals surface area contributed by atoms with Gasteiger partial charge < -0.3 is 0 Å². The predicted octanol–water partition coefficient (Wildman–Crippen LogP) is 2.28. The molecule has 0 aliphatic heterocycles. The van der Waals surface area contributed by atoms with Crippen LogP contribution in [-0.4, -0.2) is 16.2 Å². The first-order valence-electron chi connectivity index (χ1n) is 3.53. The second kappa shape index (κ2) is 3.32. The van der Waals surface area contributed by atoms with Crippen molar-refractivity contribution >= 4 is 33.4 Å². The van der Waals surface area contributed by atoms with Crippen molar-refractivity contribution in [3.63, 3.8) is 0 Å². The summed E-state index contributed by atoms with van der Waals surface area (Å²) in [6.45, 7) is 0. The maximum absolute atomic E-state index is 8.64. The van der Waals surface area contributed by atoms with Crippen LogP contribution in [0.15, 0.2) is 16.5 Å². The molecule has 13 heavy (non-hydrogen) atoms. The molecule has 0 radical (unpaired) electrons. The number of thiophene rings is 1. The Morgan fingerprint density at radius 2 is 2.46 bits per heavy atom. The molecule has 0 fully saturated rings. The van der Waals surface area contributed by atoms with Gasteiger partial charge in [-0.05, 0) is 6.26 Å². The quantitative estimate of drug-likeness (QED) is 0.673. The summed E-state index contributed by atoms with van der Waals surface area (Å²) in [7, 11) is 0. The summed E-state index contributed by atoms with van der Waals surface area (Å²) in [6.07, 6.45) is 3.49. The number of hydrogen-bond acceptors (Lipinski definition) is 5. The number of hydrogen-bond donors (Lipinski definition) is 0. The van der Waals surface area contributed by atoms with Gasteiger partial charge >= 0.3 is 0 Å². The van der Waals surface area contributed by atoms with Crippen molar-refractivity contribution in [2.45, 2.75) is 4.90 Å². The van der Waals surface area contributed by atoms with Crippen LogP contribution in [0.4, 0.5) is 0 Å². The van der Waals surface area contributed by atoms with Crippen LogP contribution >= 0.6 is 23.1 Å². The molecule has 0 saturated carbocycles. The largest absolute Gasteiger partial charge is 0.241 e. The summed E-state index contributed by atoms with van der Waals surface area (Å²) in [5, 5.41) is 10.7. The maximum Gasteiger partial charge on any atom is 0.159 e. The van der Waals surface area contributed by atoms with E-state index in [2.05, 4.69) is 9.97 Å². The minimum absolute atomic E-state index is 0.376. The fourth-order valence-electron chi connectivity index (χ4n) is 0.989. The zero-order valence-corrected chi connectivity index (χ0v) is 8.45. The first-order chi connectivity index (χ1) is 6.35. The van der Waals surface area contributed by atoms with Gasteiger partial charge in [-0.15, -0.1) is 23.1 Å². The van der Waals surface area contributed by atoms with E-state index in [9.17, 15) is 0 Å². The molecule has 0 aliphatic rings. The number of nitriles is 1. The third kappa shape index (κ3) is 1.39. The van der Waals surface area contributed by atoms with Gasteiger partial charge in [-0.1, -0.05) is 0 Å². The third-order valence-electron chi connectivity index (χ3n) is 1.58. The third-order valence-corrected chi connectivity index (χ3v) is 3.36. The second-order valence-corrected chi connectivity index (χ2v) is 4.03. The van der Waals surface area contributed by atoms with Crippen LogP contribution in [0.5, 0.6) is 0 Å². The lowest BCUT2D eigenvalue weighted by Gasteiger charge is -1.91. The lowest BCUT2D eigenvalue weighted by atomic mass is 10.4. The lowest BCUT2D eigenvalue weighted by Crippen LogP contribution is -1.84. The lowest BCUT2D eigenvalue weighted by molar-refractivity contribution is 1.24. The standard InChI is InChI=1S/C8H5N3S2/c1-12-6-4-13-8-7(6)11-5(2-9)3-10-8/h3-4H,1H3. The summed E-state index contributed by atoms with van der Waals surface area (Å²) in [4.78, 5) is 10.3. The Morgan fingerprint density at radius 3 is 3.15 bits per heavy atom. The van der Waals surface area contributed by atoms with Crippen molar-refractivity contribution in [3.05, 3.63) is 17.3 Å². The van der Waals surface area contributed by atoms with Crippen LogP contribution in [-0.2, 0) is 0 Å². The summed E-state index contributed by atoms with van der Waals surface area (Å²) >= 11 is 3.18. The van der Waals surface area contributed by atoms with Gasteiger partial charge in [-0.25, -0.2) is 9.97 Å². The molecule has 0 N–H and O–H groups in total. The number of aromatic nitrogens is 2. The van der Waals surface area contributed by atoms with Gasteiger partial charge in [0.15, 0.2) is 5.69 Å². The van der Waals surface area contributed by atoms with Gasteiger partial charge in [0.05, 0.1) is 6.20 Å². The highest BCUT2D eigenvalue weighted by Crippen LogP contribution is 2.28. The van der Waals surface area contributed by atoms with E-state index < -0.39 is 0 Å². The first-order valence-corrected chi connectivity index (χ1v) is 5.64. The van der Waals surface area contributed by atoms with E-state index in [0.717, 1.165) is 15.2 Å². The van der Waals surface area contributed by atoms with E-state index >= 15 is 0 Å². The normalized spacial score (nSPS) is 10.2. The van der Waals surface area contributed by atoms with Crippen molar-refractivity contribution in [2.24, 2.45) is 0 Å². The van der Waals surface area contributed by atoms with Crippen molar-refractivity contribution < 1.29 is 0 Å². The fourth-order valence-corrected chi connectivity index (χ4v) is 2.63. The zero-order valence-electron chi connectivity index (χ0n) is 6.81. The van der Waals surface area contributed by atoms with E-state index in [1.165, 1.54) is 6.20 Å². The highest BCUT2D eigenvalue weighted by Gasteiger charge is 2.06. The molecule has 2 heterocycles. The van der Waals surface area contributed by atoms with E-state index in [1.54, 1.807) is 23.1 Å². The van der Waals surface area contributed by atoms with E-state index in [1.807, 2.05) is 17.7 Å². The van der Waals surface area contributed by atoms with Gasteiger partial charge in [0.2, 0.25) is 0 Å². The van der Waals surface area contributed by atoms with E-state index in [-0.39, 0.29) is 0 Å². The first kappa shape index (κ1) is 8.48. The average molecular weight is 207 g/mol. The molecule has 5 heteroatoms. The number of thioether (sulfide) groups is 1. The molecular formula is C8H5N3S2. The molecule has 0 aliphatic carbocycles. The van der Waals surface area contributed by atoms with Crippen LogP contribution in [0.25, 0.3) is 10.3 Å². The molecule has 2 aromatic rings. The van der Waals surface area contributed by atoms with Crippen LogP contribution in [0.2, 0.25) is 0 Å². The summed E-state index contributed by atoms with van der Waals surface area (Å²) < 4.78 is 0. The van der Waals surface area contributed by atoms with Crippen molar-refractivity contribution in [1.29, 1.82) is 5.26 Å². The van der Waals surface area contributed by atoms with E-state index in [4.69, 9.17) is 5.26 Å². The van der Waals surface area contributed by atoms with Crippen molar-refractivity contribution in [3.8, 4) is 6.07 Å². The zero-order chi connectivity index (χ0) is 9.26. The van der Waals surface area contributed by atoms with E-state index in [0.29, 0.717) is 5.69 Å². The molecular weight excluding hydrogens is 202 g/mol. The Bertz CT molecular complexity index is 484. The minimum atomic E-state index is 0.376. The summed E-state index contributed by atoms with van der Waals surface area (Å²) in [5.74, 6) is 0. The number of rotatable bonds is 1. The SMILES string of the molecule is CSc1csc2ncc(C#N)nc12. The minimum Gasteiger partial charge on any atom is -0.241 e. The van der Waals surface area contributed by atoms with Gasteiger partial charge in [0.25, 0.3) is 0 Å². The Hall–Kier alpha value is -1.12. The topological polar surface area (TPSA) is 49.6 Å². The Balaban J connectivity index is 2.73. The summed E-state index contributed by atoms with van der Waals surface area (Å²) in [5.41, 5.74) is 1.22. The van der Waals surface area contributed by atoms with Gasteiger partial charge in [-0.2, -0.15) is 5.26 Å². The average Bonchev–Trinajstić information content (AvgIpc) is 2.59. The molecule has 0 amide bonds. The molecule has 2 aromatic heterocycles. The Kier molecular flexibility index (Phi) is 2.17. The molecule has 3 nitrogen and oxygen atoms in total. The highest BCUT2D eigenvalue weighted by molar-refractivity contribution is 7.99. The molecule has 0 aromatic carbocycles. The van der Waals surface area contributed by atoms with Crippen LogP contribution in [0.3, 0.4) is 0 Å². The van der Waals surface area contributed by atoms with Crippen LogP contribution < -0.4 is 0 Å². The number of nitrogens with zero attached hydrogens (tertiary/aromatic N) is 3. The van der Waals surface area contributed by atoms with Crippen molar-refractivity contribution in [1.82, 2.24) is 9.97 Å². The molecule has 0 bridgehead atoms. The molecule has 0 spiro atoms. The van der Waals surface area contributed by atoms with Gasteiger partial charge in [0, 0.05) is 10.3 Å². The molecule has 0 saturated heterocycles. The summed E-state index contributed by atoms with van der Waals surface area (Å²) in [6, 6.07) is 1.98. The smallest absolute Gasteiger partial charge is 0.159 e. The monoisotopic (exact) mass is 207 g/mol. The maximum atomic E-state index is 8.64. The second-order valence-electron chi connectivity index (χ2n) is 2.32. The van der Waals surface area contributed by atoms with Gasteiger partial charge in [0.1, 0.15) is 16.4 Å². The molecule has 64 valence electrons. The Morgan fingerprint density at radius 1 is 1.62 bits per heavy atom. The molecule has 0 atom stereocenters. The van der Waals surface area contributed by atoms with Gasteiger partial charge in [-0.3, -0.25) is 0 Å². The Labute approximate surface area is 83.4 Å². The highest BCUT2D eigenvalue weighted by atomic mass is 32.2. The molecule has 2 rings (SSSR count). The van der Waals surface area contributed by atoms with Crippen LogP contribution in [0.1, 0.15) is 5.69 Å². The number of fused-ring (bicyclic) bond motifs is 1. The van der Waals surface area contributed by atoms with Crippen molar-refractivity contribution in [2.75, 3.05) is 6.26 Å². The fraction of sp³-hybridized carbons (Fsp3) is 0.125. The predicted molar refractivity (Wildman–Crippen MR) is 53.9 cm³/mol.